The maximum absolute atomic E-state index is 11.9. The molecule has 1 unspecified atom stereocenters. The Balaban J connectivity index is 1.57. The molecule has 2 aromatic carbocycles. The van der Waals surface area contributed by atoms with Crippen LogP contribution in [0.4, 0.5) is 11.4 Å². The van der Waals surface area contributed by atoms with Gasteiger partial charge in [0.1, 0.15) is 0 Å². The molecule has 214 valence electrons. The molecule has 6 nitrogen and oxygen atoms in total. The molecule has 0 spiro atoms. The summed E-state index contributed by atoms with van der Waals surface area (Å²) in [6.07, 6.45) is 16.8. The van der Waals surface area contributed by atoms with E-state index in [1.807, 2.05) is 36.4 Å². The Labute approximate surface area is 243 Å². The smallest absolute Gasteiger partial charge is 0.330 e. The Morgan fingerprint density at radius 1 is 0.878 bits per heavy atom. The Morgan fingerprint density at radius 3 is 2.24 bits per heavy atom. The number of carbonyl (C=O) groups is 2. The van der Waals surface area contributed by atoms with Gasteiger partial charge < -0.3 is 19.6 Å². The topological polar surface area (TPSA) is 70.1 Å². The van der Waals surface area contributed by atoms with E-state index in [1.165, 1.54) is 29.0 Å². The zero-order valence-electron chi connectivity index (χ0n) is 24.6. The number of hydrogen-bond acceptors (Lipinski definition) is 5. The number of carboxylic acid groups (broad SMARTS) is 1. The van der Waals surface area contributed by atoms with Crippen molar-refractivity contribution in [2.75, 3.05) is 29.5 Å². The van der Waals surface area contributed by atoms with Gasteiger partial charge in [0.15, 0.2) is 0 Å². The fourth-order valence-electron chi connectivity index (χ4n) is 5.95. The van der Waals surface area contributed by atoms with Gasteiger partial charge in [0.2, 0.25) is 0 Å². The molecule has 0 saturated heterocycles. The van der Waals surface area contributed by atoms with E-state index in [4.69, 9.17) is 9.84 Å². The predicted octanol–water partition coefficient (Wildman–Crippen LogP) is 6.71. The van der Waals surface area contributed by atoms with Crippen molar-refractivity contribution in [1.82, 2.24) is 0 Å². The van der Waals surface area contributed by atoms with Crippen molar-refractivity contribution >= 4 is 23.3 Å². The number of rotatable bonds is 10. The van der Waals surface area contributed by atoms with Crippen LogP contribution in [0.15, 0.2) is 109 Å². The summed E-state index contributed by atoms with van der Waals surface area (Å²) < 4.78 is 5.05. The maximum Gasteiger partial charge on any atom is 0.330 e. The van der Waals surface area contributed by atoms with Gasteiger partial charge in [-0.2, -0.15) is 0 Å². The molecule has 0 amide bonds. The zero-order chi connectivity index (χ0) is 29.6. The van der Waals surface area contributed by atoms with Crippen LogP contribution in [-0.2, 0) is 25.2 Å². The highest BCUT2D eigenvalue weighted by atomic mass is 16.5. The zero-order valence-corrected chi connectivity index (χ0v) is 24.6. The predicted molar refractivity (Wildman–Crippen MR) is 166 cm³/mol. The molecule has 0 bridgehead atoms. The monoisotopic (exact) mass is 552 g/mol. The summed E-state index contributed by atoms with van der Waals surface area (Å²) in [5.41, 5.74) is 5.52. The number of anilines is 2. The minimum absolute atomic E-state index is 0.0916. The highest BCUT2D eigenvalue weighted by Gasteiger charge is 2.42. The van der Waals surface area contributed by atoms with E-state index in [0.717, 1.165) is 11.4 Å². The molecule has 2 aliphatic heterocycles. The van der Waals surface area contributed by atoms with Gasteiger partial charge in [-0.1, -0.05) is 101 Å². The van der Waals surface area contributed by atoms with E-state index in [2.05, 4.69) is 86.1 Å². The van der Waals surface area contributed by atoms with E-state index < -0.39 is 5.97 Å². The van der Waals surface area contributed by atoms with Crippen LogP contribution in [0.1, 0.15) is 45.7 Å². The lowest BCUT2D eigenvalue weighted by Gasteiger charge is -2.31. The lowest BCUT2D eigenvalue weighted by atomic mass is 9.80. The Bertz CT molecular complexity index is 1430. The first-order valence-corrected chi connectivity index (χ1v) is 14.1. The van der Waals surface area contributed by atoms with Crippen LogP contribution in [0, 0.1) is 0 Å². The molecule has 0 radical (unpaired) electrons. The van der Waals surface area contributed by atoms with Crippen LogP contribution in [0.25, 0.3) is 0 Å². The van der Waals surface area contributed by atoms with Crippen molar-refractivity contribution in [3.05, 3.63) is 120 Å². The number of carbonyl (C=O) groups excluding carboxylic acids is 1. The average molecular weight is 553 g/mol. The molecule has 0 saturated carbocycles. The highest BCUT2D eigenvalue weighted by molar-refractivity contribution is 5.82. The second-order valence-electron chi connectivity index (χ2n) is 11.3. The molecule has 0 aliphatic carbocycles. The van der Waals surface area contributed by atoms with E-state index in [0.29, 0.717) is 19.7 Å². The third-order valence-electron chi connectivity index (χ3n) is 7.94. The second kappa shape index (κ2) is 12.5. The molecular weight excluding hydrogens is 512 g/mol. The Kier molecular flexibility index (Phi) is 9.01. The van der Waals surface area contributed by atoms with Gasteiger partial charge in [0.05, 0.1) is 12.6 Å². The number of benzene rings is 2. The molecule has 2 heterocycles. The van der Waals surface area contributed by atoms with Gasteiger partial charge in [0.25, 0.3) is 0 Å². The first-order valence-electron chi connectivity index (χ1n) is 14.1. The molecule has 41 heavy (non-hydrogen) atoms. The summed E-state index contributed by atoms with van der Waals surface area (Å²) in [5, 5.41) is 9.08. The van der Waals surface area contributed by atoms with E-state index >= 15 is 0 Å². The number of allylic oxidation sites excluding steroid dienone is 5. The fraction of sp³-hybridized carbons (Fsp3) is 0.314. The summed E-state index contributed by atoms with van der Waals surface area (Å²) >= 11 is 0. The number of fused-ring (bicyclic) bond motifs is 2. The standard InChI is InChI=1S/C35H40N2O4/c1-6-41-33(40)23-15-25-37-29-19-13-11-17-27(29)35(4,5)31(37)21-9-7-8-20-30-34(2,3)26-16-10-12-18-28(26)36(30)24-14-22-32(38)39/h7-23,31H,6,24-25H2,1-5H3,(H,38,39). The van der Waals surface area contributed by atoms with Gasteiger partial charge in [-0.3, -0.25) is 0 Å². The van der Waals surface area contributed by atoms with Crippen LogP contribution in [0.5, 0.6) is 0 Å². The normalized spacial score (nSPS) is 20.1. The SMILES string of the molecule is CCOC(=O)C=CCN1c2ccccc2C(C)(C)C1C=CC=CC=C1N(CC=CC(=O)O)c2ccccc2C1(C)C. The van der Waals surface area contributed by atoms with Crippen molar-refractivity contribution in [3.8, 4) is 0 Å². The minimum Gasteiger partial charge on any atom is -0.478 e. The van der Waals surface area contributed by atoms with Gasteiger partial charge in [-0.15, -0.1) is 0 Å². The van der Waals surface area contributed by atoms with Crippen LogP contribution >= 0.6 is 0 Å². The largest absolute Gasteiger partial charge is 0.478 e. The van der Waals surface area contributed by atoms with Crippen LogP contribution in [0.2, 0.25) is 0 Å². The molecule has 1 N–H and O–H groups in total. The lowest BCUT2D eigenvalue weighted by Crippen LogP contribution is -2.40. The first-order chi connectivity index (χ1) is 19.6. The number of ether oxygens (including phenoxy) is 1. The summed E-state index contributed by atoms with van der Waals surface area (Å²) in [6.45, 7) is 12.1. The third kappa shape index (κ3) is 6.22. The minimum atomic E-state index is -0.949. The number of hydrogen-bond donors (Lipinski definition) is 1. The molecular formula is C35H40N2O4. The molecule has 0 fully saturated rings. The van der Waals surface area contributed by atoms with E-state index in [-0.39, 0.29) is 22.8 Å². The fourth-order valence-corrected chi connectivity index (χ4v) is 5.95. The molecule has 2 aliphatic rings. The highest BCUT2D eigenvalue weighted by Crippen LogP contribution is 2.48. The quantitative estimate of drug-likeness (QED) is 0.201. The summed E-state index contributed by atoms with van der Waals surface area (Å²) in [5.74, 6) is -1.28. The lowest BCUT2D eigenvalue weighted by molar-refractivity contribution is -0.137. The number of para-hydroxylation sites is 2. The van der Waals surface area contributed by atoms with Crippen LogP contribution in [0.3, 0.4) is 0 Å². The number of aliphatic carboxylic acids is 1. The van der Waals surface area contributed by atoms with E-state index in [9.17, 15) is 9.59 Å². The van der Waals surface area contributed by atoms with Crippen molar-refractivity contribution in [2.24, 2.45) is 0 Å². The van der Waals surface area contributed by atoms with Gasteiger partial charge in [0, 0.05) is 53.1 Å². The molecule has 6 heteroatoms. The summed E-state index contributed by atoms with van der Waals surface area (Å²) in [6, 6.07) is 16.8. The van der Waals surface area contributed by atoms with E-state index in [1.54, 1.807) is 13.0 Å². The van der Waals surface area contributed by atoms with Gasteiger partial charge in [-0.25, -0.2) is 9.59 Å². The van der Waals surface area contributed by atoms with Crippen LogP contribution < -0.4 is 9.80 Å². The number of esters is 1. The summed E-state index contributed by atoms with van der Waals surface area (Å²) in [4.78, 5) is 27.4. The Morgan fingerprint density at radius 2 is 1.54 bits per heavy atom. The number of carboxylic acids is 1. The van der Waals surface area contributed by atoms with Gasteiger partial charge in [-0.05, 0) is 36.3 Å². The van der Waals surface area contributed by atoms with Crippen LogP contribution in [-0.4, -0.2) is 42.8 Å². The Hall–Kier alpha value is -4.32. The van der Waals surface area contributed by atoms with Gasteiger partial charge >= 0.3 is 11.9 Å². The number of nitrogens with zero attached hydrogens (tertiary/aromatic N) is 2. The molecule has 2 aromatic rings. The summed E-state index contributed by atoms with van der Waals surface area (Å²) in [7, 11) is 0. The third-order valence-corrected chi connectivity index (χ3v) is 7.94. The molecule has 0 aromatic heterocycles. The van der Waals surface area contributed by atoms with Crippen molar-refractivity contribution in [2.45, 2.75) is 51.5 Å². The first kappa shape index (κ1) is 29.7. The van der Waals surface area contributed by atoms with Crippen molar-refractivity contribution in [3.63, 3.8) is 0 Å². The molecule has 4 rings (SSSR count). The second-order valence-corrected chi connectivity index (χ2v) is 11.3. The molecule has 1 atom stereocenters. The maximum atomic E-state index is 11.9. The average Bonchev–Trinajstić information content (AvgIpc) is 3.28. The van der Waals surface area contributed by atoms with Crippen molar-refractivity contribution in [1.29, 1.82) is 0 Å². The van der Waals surface area contributed by atoms with Crippen molar-refractivity contribution < 1.29 is 19.4 Å².